The lowest BCUT2D eigenvalue weighted by Crippen LogP contribution is -2.40. The van der Waals surface area contributed by atoms with Crippen LogP contribution in [0.15, 0.2) is 29.4 Å². The van der Waals surface area contributed by atoms with Crippen LogP contribution in [-0.2, 0) is 6.54 Å². The number of para-hydroxylation sites is 1. The summed E-state index contributed by atoms with van der Waals surface area (Å²) in [6.45, 7) is 2.03. The van der Waals surface area contributed by atoms with Gasteiger partial charge in [0.25, 0.3) is 5.95 Å². The van der Waals surface area contributed by atoms with Crippen LogP contribution in [0.2, 0.25) is 0 Å². The van der Waals surface area contributed by atoms with Crippen molar-refractivity contribution < 1.29 is 20.4 Å². The molecule has 26 heavy (non-hydrogen) atoms. The molecule has 2 heterocycles. The van der Waals surface area contributed by atoms with Crippen molar-refractivity contribution in [2.24, 2.45) is 5.10 Å². The Labute approximate surface area is 148 Å². The largest absolute Gasteiger partial charge is 0.394 e. The first-order valence-electron chi connectivity index (χ1n) is 8.12. The molecule has 0 saturated carbocycles. The summed E-state index contributed by atoms with van der Waals surface area (Å²) < 4.78 is 2.00. The molecular formula is C16H20N6O4. The van der Waals surface area contributed by atoms with E-state index in [2.05, 4.69) is 25.7 Å². The number of aliphatic hydroxyl groups excluding tert-OH is 4. The molecule has 0 amide bonds. The Kier molecular flexibility index (Phi) is 5.38. The van der Waals surface area contributed by atoms with Gasteiger partial charge in [0.2, 0.25) is 0 Å². The molecule has 0 fully saturated rings. The Morgan fingerprint density at radius 1 is 1.23 bits per heavy atom. The van der Waals surface area contributed by atoms with Crippen LogP contribution in [0.1, 0.15) is 6.92 Å². The van der Waals surface area contributed by atoms with Gasteiger partial charge in [0.15, 0.2) is 5.65 Å². The predicted molar refractivity (Wildman–Crippen MR) is 95.7 cm³/mol. The van der Waals surface area contributed by atoms with Gasteiger partial charge in [-0.2, -0.15) is 10.1 Å². The molecule has 0 unspecified atom stereocenters. The molecule has 1 aromatic carbocycles. The first-order valence-corrected chi connectivity index (χ1v) is 8.12. The Bertz CT molecular complexity index is 928. The van der Waals surface area contributed by atoms with E-state index in [1.807, 2.05) is 35.8 Å². The summed E-state index contributed by atoms with van der Waals surface area (Å²) >= 11 is 0. The summed E-state index contributed by atoms with van der Waals surface area (Å²) in [5.41, 5.74) is 4.86. The predicted octanol–water partition coefficient (Wildman–Crippen LogP) is -0.528. The van der Waals surface area contributed by atoms with E-state index >= 15 is 0 Å². The van der Waals surface area contributed by atoms with Crippen molar-refractivity contribution in [3.8, 4) is 0 Å². The van der Waals surface area contributed by atoms with Gasteiger partial charge in [-0.15, -0.1) is 10.2 Å². The monoisotopic (exact) mass is 360 g/mol. The maximum absolute atomic E-state index is 9.68. The molecule has 10 nitrogen and oxygen atoms in total. The molecule has 0 bridgehead atoms. The van der Waals surface area contributed by atoms with E-state index in [9.17, 15) is 15.3 Å². The summed E-state index contributed by atoms with van der Waals surface area (Å²) in [7, 11) is 0. The van der Waals surface area contributed by atoms with Crippen molar-refractivity contribution in [2.45, 2.75) is 31.8 Å². The van der Waals surface area contributed by atoms with Crippen LogP contribution in [0.25, 0.3) is 22.1 Å². The molecular weight excluding hydrogens is 340 g/mol. The highest BCUT2D eigenvalue weighted by molar-refractivity contribution is 6.04. The summed E-state index contributed by atoms with van der Waals surface area (Å²) in [5.74, 6) is 0.121. The number of hydrazone groups is 1. The zero-order valence-corrected chi connectivity index (χ0v) is 14.1. The van der Waals surface area contributed by atoms with Gasteiger partial charge in [-0.05, 0) is 13.0 Å². The van der Waals surface area contributed by atoms with Crippen molar-refractivity contribution in [3.05, 3.63) is 24.3 Å². The summed E-state index contributed by atoms with van der Waals surface area (Å²) in [6.07, 6.45) is -3.52. The van der Waals surface area contributed by atoms with Gasteiger partial charge >= 0.3 is 0 Å². The van der Waals surface area contributed by atoms with E-state index in [4.69, 9.17) is 5.11 Å². The van der Waals surface area contributed by atoms with Gasteiger partial charge in [0.1, 0.15) is 23.8 Å². The third-order valence-corrected chi connectivity index (χ3v) is 4.01. The van der Waals surface area contributed by atoms with E-state index in [-0.39, 0.29) is 5.95 Å². The molecule has 0 saturated heterocycles. The molecule has 0 aliphatic carbocycles. The number of anilines is 1. The highest BCUT2D eigenvalue weighted by Crippen LogP contribution is 2.25. The SMILES string of the molecule is CCn1c2ccccc2c2nnc(NN=C[C@@H](O)[C@H](O)[C@H](O)CO)nc21. The normalized spacial score (nSPS) is 15.6. The molecule has 5 N–H and O–H groups in total. The number of hydrogen-bond acceptors (Lipinski definition) is 9. The maximum atomic E-state index is 9.68. The topological polar surface area (TPSA) is 149 Å². The number of fused-ring (bicyclic) bond motifs is 3. The molecule has 0 aliphatic heterocycles. The average Bonchev–Trinajstić information content (AvgIpc) is 2.99. The Morgan fingerprint density at radius 3 is 2.73 bits per heavy atom. The van der Waals surface area contributed by atoms with Crippen molar-refractivity contribution >= 4 is 34.2 Å². The molecule has 3 rings (SSSR count). The van der Waals surface area contributed by atoms with Crippen LogP contribution in [0.4, 0.5) is 5.95 Å². The second-order valence-electron chi connectivity index (χ2n) is 5.69. The molecule has 0 aliphatic rings. The standard InChI is InChI=1S/C16H20N6O4/c1-2-22-10-6-4-3-5-9(10)13-15(22)18-16(21-19-13)20-17-7-11(24)14(26)12(25)8-23/h3-7,11-12,14,23-26H,2,8H2,1H3,(H,18,20,21)/t11-,12-,14+/m1/s1. The third kappa shape index (κ3) is 3.35. The average molecular weight is 360 g/mol. The maximum Gasteiger partial charge on any atom is 0.265 e. The van der Waals surface area contributed by atoms with E-state index < -0.39 is 24.9 Å². The molecule has 3 aromatic rings. The van der Waals surface area contributed by atoms with Crippen molar-refractivity contribution in [1.82, 2.24) is 19.7 Å². The number of hydrogen-bond donors (Lipinski definition) is 5. The van der Waals surface area contributed by atoms with E-state index in [1.165, 1.54) is 0 Å². The van der Waals surface area contributed by atoms with Gasteiger partial charge < -0.3 is 25.0 Å². The van der Waals surface area contributed by atoms with Crippen LogP contribution in [0.3, 0.4) is 0 Å². The number of aromatic nitrogens is 4. The van der Waals surface area contributed by atoms with Crippen molar-refractivity contribution in [1.29, 1.82) is 0 Å². The molecule has 138 valence electrons. The summed E-state index contributed by atoms with van der Waals surface area (Å²) in [5, 5.41) is 50.1. The van der Waals surface area contributed by atoms with Crippen LogP contribution in [0, 0.1) is 0 Å². The van der Waals surface area contributed by atoms with E-state index in [0.717, 1.165) is 17.1 Å². The zero-order valence-electron chi connectivity index (χ0n) is 14.1. The number of aliphatic hydroxyl groups is 4. The number of aryl methyl sites for hydroxylation is 1. The minimum atomic E-state index is -1.56. The minimum absolute atomic E-state index is 0.121. The van der Waals surface area contributed by atoms with Gasteiger partial charge in [-0.3, -0.25) is 0 Å². The molecule has 3 atom stereocenters. The van der Waals surface area contributed by atoms with Crippen LogP contribution in [-0.4, -0.2) is 71.3 Å². The van der Waals surface area contributed by atoms with Gasteiger partial charge in [0.05, 0.1) is 18.3 Å². The Balaban J connectivity index is 1.83. The van der Waals surface area contributed by atoms with E-state index in [0.29, 0.717) is 17.7 Å². The van der Waals surface area contributed by atoms with Crippen molar-refractivity contribution in [3.63, 3.8) is 0 Å². The first kappa shape index (κ1) is 18.1. The highest BCUT2D eigenvalue weighted by atomic mass is 16.4. The summed E-state index contributed by atoms with van der Waals surface area (Å²) in [4.78, 5) is 4.41. The lowest BCUT2D eigenvalue weighted by atomic mass is 10.1. The zero-order chi connectivity index (χ0) is 18.7. The fourth-order valence-corrected chi connectivity index (χ4v) is 2.67. The Hall–Kier alpha value is -2.66. The van der Waals surface area contributed by atoms with Gasteiger partial charge in [-0.25, -0.2) is 5.43 Å². The molecule has 10 heteroatoms. The van der Waals surface area contributed by atoms with E-state index in [1.54, 1.807) is 0 Å². The van der Waals surface area contributed by atoms with Gasteiger partial charge in [-0.1, -0.05) is 18.2 Å². The second-order valence-corrected chi connectivity index (χ2v) is 5.69. The quantitative estimate of drug-likeness (QED) is 0.279. The van der Waals surface area contributed by atoms with Crippen LogP contribution >= 0.6 is 0 Å². The smallest absolute Gasteiger partial charge is 0.265 e. The molecule has 0 spiro atoms. The summed E-state index contributed by atoms with van der Waals surface area (Å²) in [6, 6.07) is 7.80. The highest BCUT2D eigenvalue weighted by Gasteiger charge is 2.22. The minimum Gasteiger partial charge on any atom is -0.394 e. The fourth-order valence-electron chi connectivity index (χ4n) is 2.67. The number of benzene rings is 1. The van der Waals surface area contributed by atoms with Crippen LogP contribution < -0.4 is 5.43 Å². The van der Waals surface area contributed by atoms with Crippen molar-refractivity contribution in [2.75, 3.05) is 12.0 Å². The second kappa shape index (κ2) is 7.70. The number of nitrogens with zero attached hydrogens (tertiary/aromatic N) is 5. The number of rotatable bonds is 7. The van der Waals surface area contributed by atoms with Gasteiger partial charge in [0, 0.05) is 11.9 Å². The molecule has 0 radical (unpaired) electrons. The lowest BCUT2D eigenvalue weighted by molar-refractivity contribution is -0.0541. The Morgan fingerprint density at radius 2 is 2.00 bits per heavy atom. The lowest BCUT2D eigenvalue weighted by Gasteiger charge is -2.17. The molecule has 2 aromatic heterocycles. The first-order chi connectivity index (χ1) is 12.6. The fraction of sp³-hybridized carbons (Fsp3) is 0.375. The number of nitrogens with one attached hydrogen (secondary N) is 1. The van der Waals surface area contributed by atoms with Crippen LogP contribution in [0.5, 0.6) is 0 Å². The third-order valence-electron chi connectivity index (χ3n) is 4.01.